The zero-order valence-electron chi connectivity index (χ0n) is 13.1. The third kappa shape index (κ3) is 3.97. The number of nitrogens with one attached hydrogen (secondary N) is 1. The van der Waals surface area contributed by atoms with Gasteiger partial charge in [-0.15, -0.1) is 0 Å². The Kier molecular flexibility index (Phi) is 4.89. The summed E-state index contributed by atoms with van der Waals surface area (Å²) in [6, 6.07) is 5.89. The van der Waals surface area contributed by atoms with E-state index >= 15 is 0 Å². The minimum atomic E-state index is -0.543. The Labute approximate surface area is 144 Å². The van der Waals surface area contributed by atoms with Crippen molar-refractivity contribution in [1.82, 2.24) is 10.3 Å². The van der Waals surface area contributed by atoms with E-state index < -0.39 is 5.91 Å². The van der Waals surface area contributed by atoms with E-state index in [1.165, 1.54) is 0 Å². The molecule has 0 aliphatic carbocycles. The number of primary amides is 1. The summed E-state index contributed by atoms with van der Waals surface area (Å²) in [4.78, 5) is 29.1. The molecule has 128 valence electrons. The lowest BCUT2D eigenvalue weighted by Gasteiger charge is -2.31. The number of benzene rings is 1. The van der Waals surface area contributed by atoms with E-state index in [4.69, 9.17) is 21.8 Å². The Morgan fingerprint density at radius 3 is 3.08 bits per heavy atom. The van der Waals surface area contributed by atoms with Crippen molar-refractivity contribution in [3.05, 3.63) is 23.2 Å². The minimum Gasteiger partial charge on any atom is -0.423 e. The first-order chi connectivity index (χ1) is 11.5. The zero-order chi connectivity index (χ0) is 17.1. The first-order valence-electron chi connectivity index (χ1n) is 7.87. The van der Waals surface area contributed by atoms with Crippen LogP contribution in [0.5, 0.6) is 0 Å². The molecule has 7 nitrogen and oxygen atoms in total. The molecule has 3 rings (SSSR count). The molecule has 1 aromatic carbocycles. The second-order valence-corrected chi connectivity index (χ2v) is 6.45. The molecule has 24 heavy (non-hydrogen) atoms. The van der Waals surface area contributed by atoms with Crippen molar-refractivity contribution in [3.63, 3.8) is 0 Å². The van der Waals surface area contributed by atoms with Gasteiger partial charge in [0, 0.05) is 30.6 Å². The van der Waals surface area contributed by atoms with E-state index in [9.17, 15) is 9.59 Å². The number of carbonyl (C=O) groups is 2. The van der Waals surface area contributed by atoms with Gasteiger partial charge in [-0.2, -0.15) is 4.98 Å². The Bertz CT molecular complexity index is 761. The van der Waals surface area contributed by atoms with Gasteiger partial charge in [0.15, 0.2) is 5.58 Å². The number of rotatable bonds is 5. The normalized spacial score (nSPS) is 17.9. The van der Waals surface area contributed by atoms with Gasteiger partial charge >= 0.3 is 0 Å². The van der Waals surface area contributed by atoms with Crippen molar-refractivity contribution >= 4 is 40.5 Å². The number of carbonyl (C=O) groups excluding carboxylic acids is 2. The lowest BCUT2D eigenvalue weighted by Crippen LogP contribution is -2.39. The fourth-order valence-corrected chi connectivity index (χ4v) is 3.11. The summed E-state index contributed by atoms with van der Waals surface area (Å²) in [7, 11) is 0. The highest BCUT2D eigenvalue weighted by atomic mass is 35.5. The fraction of sp³-hybridized carbons (Fsp3) is 0.438. The fourth-order valence-electron chi connectivity index (χ4n) is 2.95. The second kappa shape index (κ2) is 7.09. The van der Waals surface area contributed by atoms with E-state index in [1.807, 2.05) is 11.0 Å². The predicted octanol–water partition coefficient (Wildman–Crippen LogP) is 1.69. The van der Waals surface area contributed by atoms with Crippen LogP contribution in [-0.2, 0) is 9.59 Å². The van der Waals surface area contributed by atoms with Gasteiger partial charge in [0.25, 0.3) is 6.01 Å². The minimum absolute atomic E-state index is 0.124. The molecule has 1 fully saturated rings. The van der Waals surface area contributed by atoms with Crippen LogP contribution >= 0.6 is 11.6 Å². The number of anilines is 1. The van der Waals surface area contributed by atoms with Crippen molar-refractivity contribution < 1.29 is 14.0 Å². The Morgan fingerprint density at radius 2 is 2.29 bits per heavy atom. The average Bonchev–Trinajstić information content (AvgIpc) is 2.96. The lowest BCUT2D eigenvalue weighted by atomic mass is 9.94. The number of oxazole rings is 1. The summed E-state index contributed by atoms with van der Waals surface area (Å²) < 4.78 is 5.79. The van der Waals surface area contributed by atoms with Gasteiger partial charge in [0.05, 0.1) is 6.54 Å². The molecule has 1 aromatic heterocycles. The molecule has 1 aliphatic rings. The number of amides is 2. The van der Waals surface area contributed by atoms with Gasteiger partial charge in [-0.05, 0) is 30.9 Å². The first-order valence-corrected chi connectivity index (χ1v) is 8.25. The molecule has 8 heteroatoms. The molecular formula is C16H19ClN4O3. The number of hydrogen-bond donors (Lipinski definition) is 2. The SMILES string of the molecule is NC(=O)CNC(=O)CC1CCCN(c2nc3ccc(Cl)cc3o2)C1. The Morgan fingerprint density at radius 1 is 1.46 bits per heavy atom. The van der Waals surface area contributed by atoms with Crippen molar-refractivity contribution in [2.24, 2.45) is 11.7 Å². The molecule has 0 spiro atoms. The van der Waals surface area contributed by atoms with Crippen molar-refractivity contribution in [2.45, 2.75) is 19.3 Å². The number of nitrogens with two attached hydrogens (primary N) is 1. The van der Waals surface area contributed by atoms with Crippen molar-refractivity contribution in [3.8, 4) is 0 Å². The molecule has 1 saturated heterocycles. The quantitative estimate of drug-likeness (QED) is 0.854. The van der Waals surface area contributed by atoms with E-state index in [-0.39, 0.29) is 18.4 Å². The summed E-state index contributed by atoms with van der Waals surface area (Å²) in [5.41, 5.74) is 6.44. The molecule has 3 N–H and O–H groups in total. The molecule has 1 atom stereocenters. The Balaban J connectivity index is 1.64. The predicted molar refractivity (Wildman–Crippen MR) is 90.8 cm³/mol. The zero-order valence-corrected chi connectivity index (χ0v) is 13.9. The number of aromatic nitrogens is 1. The van der Waals surface area contributed by atoms with Gasteiger partial charge in [-0.25, -0.2) is 0 Å². The second-order valence-electron chi connectivity index (χ2n) is 6.01. The number of piperidine rings is 1. The molecule has 0 saturated carbocycles. The molecule has 0 radical (unpaired) electrons. The van der Waals surface area contributed by atoms with Gasteiger partial charge in [0.1, 0.15) is 5.52 Å². The third-order valence-corrected chi connectivity index (χ3v) is 4.30. The highest BCUT2D eigenvalue weighted by molar-refractivity contribution is 6.31. The summed E-state index contributed by atoms with van der Waals surface area (Å²) in [5.74, 6) is -0.519. The number of fused-ring (bicyclic) bond motifs is 1. The van der Waals surface area contributed by atoms with Crippen LogP contribution in [0.3, 0.4) is 0 Å². The molecule has 1 aliphatic heterocycles. The molecule has 2 amide bonds. The first kappa shape index (κ1) is 16.6. The maximum absolute atomic E-state index is 11.8. The van der Waals surface area contributed by atoms with Crippen LogP contribution in [0.2, 0.25) is 5.02 Å². The van der Waals surface area contributed by atoms with Crippen molar-refractivity contribution in [1.29, 1.82) is 0 Å². The Hall–Kier alpha value is -2.28. The van der Waals surface area contributed by atoms with Gasteiger partial charge in [-0.1, -0.05) is 11.6 Å². The van der Waals surface area contributed by atoms with Crippen molar-refractivity contribution in [2.75, 3.05) is 24.5 Å². The molecule has 2 aromatic rings. The van der Waals surface area contributed by atoms with Gasteiger partial charge < -0.3 is 20.4 Å². The lowest BCUT2D eigenvalue weighted by molar-refractivity contribution is -0.125. The maximum atomic E-state index is 11.8. The van der Waals surface area contributed by atoms with Crippen LogP contribution in [0.15, 0.2) is 22.6 Å². The average molecular weight is 351 g/mol. The van der Waals surface area contributed by atoms with E-state index in [2.05, 4.69) is 10.3 Å². The van der Waals surface area contributed by atoms with Crippen LogP contribution < -0.4 is 16.0 Å². The molecular weight excluding hydrogens is 332 g/mol. The van der Waals surface area contributed by atoms with Crippen LogP contribution in [0.1, 0.15) is 19.3 Å². The maximum Gasteiger partial charge on any atom is 0.298 e. The molecule has 0 bridgehead atoms. The highest BCUT2D eigenvalue weighted by Gasteiger charge is 2.25. The number of halogens is 1. The summed E-state index contributed by atoms with van der Waals surface area (Å²) >= 11 is 5.97. The van der Waals surface area contributed by atoms with Gasteiger partial charge in [0.2, 0.25) is 11.8 Å². The van der Waals surface area contributed by atoms with Gasteiger partial charge in [-0.3, -0.25) is 9.59 Å². The number of hydrogen-bond acceptors (Lipinski definition) is 5. The number of nitrogens with zero attached hydrogens (tertiary/aromatic N) is 2. The smallest absolute Gasteiger partial charge is 0.298 e. The molecule has 1 unspecified atom stereocenters. The standard InChI is InChI=1S/C16H19ClN4O3/c17-11-3-4-12-13(7-11)24-16(20-12)21-5-1-2-10(9-21)6-15(23)19-8-14(18)22/h3-4,7,10H,1-2,5-6,8-9H2,(H2,18,22)(H,19,23). The van der Waals surface area contributed by atoms with Crippen LogP contribution in [-0.4, -0.2) is 36.4 Å². The van der Waals surface area contributed by atoms with E-state index in [1.54, 1.807) is 12.1 Å². The summed E-state index contributed by atoms with van der Waals surface area (Å²) in [6.07, 6.45) is 2.26. The van der Waals surface area contributed by atoms with Crippen LogP contribution in [0.4, 0.5) is 6.01 Å². The topological polar surface area (TPSA) is 101 Å². The van der Waals surface area contributed by atoms with E-state index in [0.717, 1.165) is 24.9 Å². The third-order valence-electron chi connectivity index (χ3n) is 4.06. The summed E-state index contributed by atoms with van der Waals surface area (Å²) in [6.45, 7) is 1.39. The monoisotopic (exact) mass is 350 g/mol. The van der Waals surface area contributed by atoms with Crippen LogP contribution in [0, 0.1) is 5.92 Å². The molecule has 2 heterocycles. The van der Waals surface area contributed by atoms with E-state index in [0.29, 0.717) is 29.6 Å². The summed E-state index contributed by atoms with van der Waals surface area (Å²) in [5, 5.41) is 3.13. The highest BCUT2D eigenvalue weighted by Crippen LogP contribution is 2.28. The largest absolute Gasteiger partial charge is 0.423 e. The van der Waals surface area contributed by atoms with Crippen LogP contribution in [0.25, 0.3) is 11.1 Å².